The molecular formula is C6H12OSi. The van der Waals surface area contributed by atoms with E-state index in [0.29, 0.717) is 0 Å². The van der Waals surface area contributed by atoms with Gasteiger partial charge in [0.2, 0.25) is 10.5 Å². The molecule has 0 heterocycles. The molecule has 0 aliphatic rings. The average Bonchev–Trinajstić information content (AvgIpc) is 1.83. The van der Waals surface area contributed by atoms with E-state index in [1.807, 2.05) is 32.1 Å². The molecule has 0 amide bonds. The molecule has 0 aromatic heterocycles. The Hall–Kier alpha value is -0.503. The molecule has 0 aromatic carbocycles. The Morgan fingerprint density at radius 2 is 2.12 bits per heavy atom. The predicted octanol–water partition coefficient (Wildman–Crippen LogP) is 0.763. The molecule has 0 radical (unpaired) electrons. The van der Waals surface area contributed by atoms with E-state index < -0.39 is 0 Å². The van der Waals surface area contributed by atoms with Crippen LogP contribution in [0.5, 0.6) is 0 Å². The summed E-state index contributed by atoms with van der Waals surface area (Å²) in [6.45, 7) is 3.94. The van der Waals surface area contributed by atoms with E-state index in [1.165, 1.54) is 0 Å². The highest BCUT2D eigenvalue weighted by molar-refractivity contribution is 5.98. The summed E-state index contributed by atoms with van der Waals surface area (Å²) in [4.78, 5) is 0. The number of hydrogen-bond acceptors (Lipinski definition) is 1. The van der Waals surface area contributed by atoms with Gasteiger partial charge < -0.3 is 4.43 Å². The molecule has 0 rings (SSSR count). The Bertz CT molecular complexity index is 102. The summed E-state index contributed by atoms with van der Waals surface area (Å²) in [5.41, 5.74) is 0. The molecule has 0 spiro atoms. The zero-order valence-corrected chi connectivity index (χ0v) is 7.64. The van der Waals surface area contributed by atoms with Gasteiger partial charge in [-0.05, 0) is 26.0 Å². The second-order valence-corrected chi connectivity index (χ2v) is 1.80. The third kappa shape index (κ3) is 2.63. The molecular weight excluding hydrogens is 116 g/mol. The van der Waals surface area contributed by atoms with E-state index in [-0.39, 0.29) is 0 Å². The highest BCUT2D eigenvalue weighted by atomic mass is 28.2. The Morgan fingerprint density at radius 3 is 2.25 bits per heavy atom. The third-order valence-electron chi connectivity index (χ3n) is 0.851. The van der Waals surface area contributed by atoms with Crippen LogP contribution >= 0.6 is 0 Å². The molecule has 0 unspecified atom stereocenters. The van der Waals surface area contributed by atoms with Crippen LogP contribution in [0.1, 0.15) is 13.8 Å². The van der Waals surface area contributed by atoms with Crippen LogP contribution in [-0.4, -0.2) is 10.5 Å². The van der Waals surface area contributed by atoms with Crippen molar-refractivity contribution in [2.75, 3.05) is 0 Å². The number of hydrogen-bond donors (Lipinski definition) is 0. The lowest BCUT2D eigenvalue weighted by Crippen LogP contribution is -1.80. The van der Waals surface area contributed by atoms with Crippen LogP contribution in [0.3, 0.4) is 0 Å². The van der Waals surface area contributed by atoms with Gasteiger partial charge in [-0.15, -0.1) is 0 Å². The first-order valence-electron chi connectivity index (χ1n) is 2.68. The Kier molecular flexibility index (Phi) is 4.36. The second kappa shape index (κ2) is 4.65. The zero-order valence-electron chi connectivity index (χ0n) is 5.64. The minimum absolute atomic E-state index is 0.777. The van der Waals surface area contributed by atoms with Crippen molar-refractivity contribution in [1.82, 2.24) is 0 Å². The molecule has 0 fully saturated rings. The van der Waals surface area contributed by atoms with Crippen molar-refractivity contribution in [2.24, 2.45) is 0 Å². The van der Waals surface area contributed by atoms with Gasteiger partial charge in [0.1, 0.15) is 0 Å². The lowest BCUT2D eigenvalue weighted by molar-refractivity contribution is 0.491. The van der Waals surface area contributed by atoms with Crippen LogP contribution in [0.25, 0.3) is 0 Å². The zero-order chi connectivity index (χ0) is 6.41. The third-order valence-corrected chi connectivity index (χ3v) is 1.32. The molecule has 2 heteroatoms. The fourth-order valence-corrected chi connectivity index (χ4v) is 0.818. The molecule has 1 nitrogen and oxygen atoms in total. The molecule has 0 atom stereocenters. The van der Waals surface area contributed by atoms with Crippen LogP contribution < -0.4 is 0 Å². The van der Waals surface area contributed by atoms with Crippen LogP contribution in [0.15, 0.2) is 24.0 Å². The van der Waals surface area contributed by atoms with Crippen molar-refractivity contribution in [1.29, 1.82) is 0 Å². The van der Waals surface area contributed by atoms with E-state index in [9.17, 15) is 0 Å². The van der Waals surface area contributed by atoms with Crippen molar-refractivity contribution in [3.63, 3.8) is 0 Å². The Balaban J connectivity index is 3.72. The summed E-state index contributed by atoms with van der Waals surface area (Å²) >= 11 is 0. The largest absolute Gasteiger partial charge is 0.553 e. The smallest absolute Gasteiger partial charge is 0.204 e. The van der Waals surface area contributed by atoms with E-state index in [4.69, 9.17) is 4.43 Å². The molecule has 46 valence electrons. The molecule has 0 aromatic rings. The lowest BCUT2D eigenvalue weighted by Gasteiger charge is -1.96. The second-order valence-electron chi connectivity index (χ2n) is 1.40. The van der Waals surface area contributed by atoms with Crippen molar-refractivity contribution in [2.45, 2.75) is 13.8 Å². The summed E-state index contributed by atoms with van der Waals surface area (Å²) in [6.07, 6.45) is 5.87. The van der Waals surface area contributed by atoms with Gasteiger partial charge in [0.15, 0.2) is 0 Å². The monoisotopic (exact) mass is 128 g/mol. The first kappa shape index (κ1) is 7.50. The quantitative estimate of drug-likeness (QED) is 0.303. The van der Waals surface area contributed by atoms with Crippen LogP contribution in [-0.2, 0) is 4.43 Å². The van der Waals surface area contributed by atoms with E-state index in [2.05, 4.69) is 0 Å². The first-order valence-corrected chi connectivity index (χ1v) is 3.49. The molecule has 8 heavy (non-hydrogen) atoms. The van der Waals surface area contributed by atoms with Gasteiger partial charge in [-0.25, -0.2) is 0 Å². The average molecular weight is 128 g/mol. The summed E-state index contributed by atoms with van der Waals surface area (Å²) < 4.78 is 5.05. The maximum Gasteiger partial charge on any atom is 0.204 e. The SMILES string of the molecule is C/C=C(/C=C/C)O[SiH3]. The van der Waals surface area contributed by atoms with Crippen molar-refractivity contribution in [3.8, 4) is 0 Å². The maximum atomic E-state index is 5.05. The molecule has 0 bridgehead atoms. The van der Waals surface area contributed by atoms with Gasteiger partial charge in [0.25, 0.3) is 0 Å². The van der Waals surface area contributed by atoms with Crippen molar-refractivity contribution < 1.29 is 4.43 Å². The minimum atomic E-state index is 0.777. The van der Waals surface area contributed by atoms with E-state index in [1.54, 1.807) is 0 Å². The Morgan fingerprint density at radius 1 is 1.50 bits per heavy atom. The van der Waals surface area contributed by atoms with Crippen molar-refractivity contribution in [3.05, 3.63) is 24.0 Å². The van der Waals surface area contributed by atoms with E-state index in [0.717, 1.165) is 16.2 Å². The fourth-order valence-electron chi connectivity index (χ4n) is 0.446. The van der Waals surface area contributed by atoms with Gasteiger partial charge in [0, 0.05) is 0 Å². The molecule has 0 aliphatic carbocycles. The number of rotatable bonds is 2. The Labute approximate surface area is 53.6 Å². The summed E-state index contributed by atoms with van der Waals surface area (Å²) in [7, 11) is 0.777. The van der Waals surface area contributed by atoms with Gasteiger partial charge >= 0.3 is 0 Å². The summed E-state index contributed by atoms with van der Waals surface area (Å²) in [6, 6.07) is 0. The molecule has 0 saturated heterocycles. The topological polar surface area (TPSA) is 9.23 Å². The summed E-state index contributed by atoms with van der Waals surface area (Å²) in [5, 5.41) is 0. The first-order chi connectivity index (χ1) is 3.85. The van der Waals surface area contributed by atoms with Gasteiger partial charge in [-0.2, -0.15) is 0 Å². The van der Waals surface area contributed by atoms with Crippen LogP contribution in [0, 0.1) is 0 Å². The minimum Gasteiger partial charge on any atom is -0.553 e. The highest BCUT2D eigenvalue weighted by Gasteiger charge is 1.78. The summed E-state index contributed by atoms with van der Waals surface area (Å²) in [5.74, 6) is 0.971. The predicted molar refractivity (Wildman–Crippen MR) is 39.6 cm³/mol. The van der Waals surface area contributed by atoms with Gasteiger partial charge in [-0.3, -0.25) is 0 Å². The van der Waals surface area contributed by atoms with E-state index >= 15 is 0 Å². The fraction of sp³-hybridized carbons (Fsp3) is 0.333. The molecule has 0 N–H and O–H groups in total. The lowest BCUT2D eigenvalue weighted by atomic mass is 10.4. The highest BCUT2D eigenvalue weighted by Crippen LogP contribution is 1.94. The van der Waals surface area contributed by atoms with Gasteiger partial charge in [-0.1, -0.05) is 6.08 Å². The normalized spacial score (nSPS) is 13.0. The number of allylic oxidation sites excluding steroid dienone is 3. The standard InChI is InChI=1S/C6H12OSi/c1-3-5-6(4-2)7-8/h3-5H,1-2,8H3/b5-3+,6-4-. The maximum absolute atomic E-state index is 5.05. The molecule has 0 aliphatic heterocycles. The van der Waals surface area contributed by atoms with Gasteiger partial charge in [0.05, 0.1) is 5.76 Å². The van der Waals surface area contributed by atoms with Crippen molar-refractivity contribution >= 4 is 10.5 Å². The van der Waals surface area contributed by atoms with Crippen LogP contribution in [0.4, 0.5) is 0 Å². The van der Waals surface area contributed by atoms with Crippen LogP contribution in [0.2, 0.25) is 0 Å². The molecule has 0 saturated carbocycles.